The fraction of sp³-hybridized carbons (Fsp3) is 0.261. The molecule has 1 aliphatic heterocycles. The van der Waals surface area contributed by atoms with Crippen LogP contribution in [0.1, 0.15) is 40.3 Å². The van der Waals surface area contributed by atoms with Gasteiger partial charge in [-0.15, -0.1) is 0 Å². The first kappa shape index (κ1) is 20.3. The third-order valence-corrected chi connectivity index (χ3v) is 6.09. The van der Waals surface area contributed by atoms with Gasteiger partial charge in [-0.2, -0.15) is 10.2 Å². The molecule has 0 saturated heterocycles. The number of fused-ring (bicyclic) bond motifs is 2. The SMILES string of the molecule is Cc1nn2ccccc2c1C(=O)N1CCc2c(nn(C)c2-c2cc(F)c(F)c(F)c2)[C@@H]1C. The molecule has 0 aliphatic carbocycles. The van der Waals surface area contributed by atoms with Crippen LogP contribution in [0.3, 0.4) is 0 Å². The van der Waals surface area contributed by atoms with Crippen LogP contribution in [0.2, 0.25) is 0 Å². The monoisotopic (exact) mass is 439 g/mol. The summed E-state index contributed by atoms with van der Waals surface area (Å²) in [5.41, 5.74) is 4.09. The number of carbonyl (C=O) groups excluding carboxylic acids is 1. The molecule has 9 heteroatoms. The molecule has 0 unspecified atom stereocenters. The topological polar surface area (TPSA) is 55.4 Å². The van der Waals surface area contributed by atoms with Gasteiger partial charge in [-0.1, -0.05) is 6.07 Å². The first-order chi connectivity index (χ1) is 15.3. The van der Waals surface area contributed by atoms with Gasteiger partial charge >= 0.3 is 0 Å². The quantitative estimate of drug-likeness (QED) is 0.440. The Kier molecular flexibility index (Phi) is 4.58. The van der Waals surface area contributed by atoms with E-state index in [-0.39, 0.29) is 17.5 Å². The Balaban J connectivity index is 1.55. The van der Waals surface area contributed by atoms with E-state index in [1.54, 1.807) is 29.6 Å². The van der Waals surface area contributed by atoms with Gasteiger partial charge in [0, 0.05) is 30.9 Å². The Hall–Kier alpha value is -3.62. The third kappa shape index (κ3) is 2.91. The Labute approximate surface area is 181 Å². The van der Waals surface area contributed by atoms with Crippen LogP contribution in [0.5, 0.6) is 0 Å². The summed E-state index contributed by atoms with van der Waals surface area (Å²) in [6.45, 7) is 4.08. The van der Waals surface area contributed by atoms with Crippen molar-refractivity contribution in [2.24, 2.45) is 7.05 Å². The summed E-state index contributed by atoms with van der Waals surface area (Å²) in [6, 6.07) is 7.14. The third-order valence-electron chi connectivity index (χ3n) is 6.09. The van der Waals surface area contributed by atoms with Crippen LogP contribution in [-0.2, 0) is 13.5 Å². The maximum atomic E-state index is 13.9. The molecule has 0 bridgehead atoms. The van der Waals surface area contributed by atoms with E-state index in [9.17, 15) is 18.0 Å². The average molecular weight is 439 g/mol. The number of hydrogen-bond donors (Lipinski definition) is 0. The Morgan fingerprint density at radius 2 is 1.84 bits per heavy atom. The molecule has 0 spiro atoms. The van der Waals surface area contributed by atoms with E-state index in [1.807, 2.05) is 25.1 Å². The summed E-state index contributed by atoms with van der Waals surface area (Å²) < 4.78 is 44.4. The lowest BCUT2D eigenvalue weighted by molar-refractivity contribution is 0.0675. The molecule has 164 valence electrons. The molecule has 0 N–H and O–H groups in total. The predicted molar refractivity (Wildman–Crippen MR) is 112 cm³/mol. The van der Waals surface area contributed by atoms with E-state index in [4.69, 9.17) is 0 Å². The van der Waals surface area contributed by atoms with Crippen molar-refractivity contribution in [2.45, 2.75) is 26.3 Å². The lowest BCUT2D eigenvalue weighted by Gasteiger charge is -2.33. The lowest BCUT2D eigenvalue weighted by atomic mass is 9.95. The largest absolute Gasteiger partial charge is 0.330 e. The average Bonchev–Trinajstić information content (AvgIpc) is 3.27. The van der Waals surface area contributed by atoms with E-state index in [0.29, 0.717) is 35.6 Å². The lowest BCUT2D eigenvalue weighted by Crippen LogP contribution is -2.39. The Morgan fingerprint density at radius 3 is 2.56 bits per heavy atom. The number of benzene rings is 1. The van der Waals surface area contributed by atoms with E-state index >= 15 is 0 Å². The minimum atomic E-state index is -1.50. The van der Waals surface area contributed by atoms with Crippen molar-refractivity contribution in [1.82, 2.24) is 24.3 Å². The summed E-state index contributed by atoms with van der Waals surface area (Å²) in [5, 5.41) is 8.98. The highest BCUT2D eigenvalue weighted by molar-refractivity contribution is 6.02. The van der Waals surface area contributed by atoms with Gasteiger partial charge in [0.25, 0.3) is 5.91 Å². The van der Waals surface area contributed by atoms with E-state index < -0.39 is 17.5 Å². The molecule has 1 aliphatic rings. The number of carbonyl (C=O) groups is 1. The van der Waals surface area contributed by atoms with Gasteiger partial charge in [-0.3, -0.25) is 9.48 Å². The molecular weight excluding hydrogens is 419 g/mol. The van der Waals surface area contributed by atoms with Crippen molar-refractivity contribution in [2.75, 3.05) is 6.54 Å². The summed E-state index contributed by atoms with van der Waals surface area (Å²) in [7, 11) is 1.67. The number of aromatic nitrogens is 4. The molecule has 5 rings (SSSR count). The number of nitrogens with zero attached hydrogens (tertiary/aromatic N) is 5. The van der Waals surface area contributed by atoms with Crippen LogP contribution in [0.25, 0.3) is 16.8 Å². The zero-order valence-electron chi connectivity index (χ0n) is 17.7. The highest BCUT2D eigenvalue weighted by Gasteiger charge is 2.35. The number of rotatable bonds is 2. The molecule has 1 aromatic carbocycles. The summed E-state index contributed by atoms with van der Waals surface area (Å²) in [4.78, 5) is 15.2. The van der Waals surface area contributed by atoms with Gasteiger partial charge in [0.2, 0.25) is 0 Å². The minimum Gasteiger partial charge on any atom is -0.330 e. The summed E-state index contributed by atoms with van der Waals surface area (Å²) in [6.07, 6.45) is 2.25. The van der Waals surface area contributed by atoms with Gasteiger partial charge in [0.1, 0.15) is 0 Å². The zero-order chi connectivity index (χ0) is 22.7. The van der Waals surface area contributed by atoms with Crippen LogP contribution < -0.4 is 0 Å². The van der Waals surface area contributed by atoms with Crippen molar-refractivity contribution >= 4 is 11.4 Å². The number of pyridine rings is 1. The van der Waals surface area contributed by atoms with E-state index in [2.05, 4.69) is 10.2 Å². The van der Waals surface area contributed by atoms with Crippen LogP contribution in [-0.4, -0.2) is 36.7 Å². The zero-order valence-corrected chi connectivity index (χ0v) is 17.7. The van der Waals surface area contributed by atoms with E-state index in [1.165, 1.54) is 4.68 Å². The highest BCUT2D eigenvalue weighted by Crippen LogP contribution is 2.37. The molecule has 32 heavy (non-hydrogen) atoms. The van der Waals surface area contributed by atoms with Crippen LogP contribution in [0, 0.1) is 24.4 Å². The molecule has 0 fully saturated rings. The molecule has 6 nitrogen and oxygen atoms in total. The molecule has 0 saturated carbocycles. The van der Waals surface area contributed by atoms with Gasteiger partial charge < -0.3 is 4.90 Å². The van der Waals surface area contributed by atoms with Gasteiger partial charge in [0.05, 0.1) is 34.2 Å². The first-order valence-electron chi connectivity index (χ1n) is 10.2. The standard InChI is InChI=1S/C23H20F3N5O/c1-12-19(18-6-4-5-8-31(18)27-12)23(32)30-9-7-15-21(13(30)2)28-29(3)22(15)14-10-16(24)20(26)17(25)11-14/h4-6,8,10-11,13H,7,9H2,1-3H3/t13-/m0/s1. The molecular formula is C23H20F3N5O. The van der Waals surface area contributed by atoms with Crippen LogP contribution in [0.15, 0.2) is 36.5 Å². The van der Waals surface area contributed by atoms with Crippen molar-refractivity contribution < 1.29 is 18.0 Å². The molecule has 4 heterocycles. The predicted octanol–water partition coefficient (Wildman–Crippen LogP) is 4.22. The fourth-order valence-electron chi connectivity index (χ4n) is 4.60. The van der Waals surface area contributed by atoms with Crippen molar-refractivity contribution in [3.63, 3.8) is 0 Å². The van der Waals surface area contributed by atoms with Crippen molar-refractivity contribution in [3.05, 3.63) is 76.5 Å². The molecule has 1 atom stereocenters. The fourth-order valence-corrected chi connectivity index (χ4v) is 4.60. The highest BCUT2D eigenvalue weighted by atomic mass is 19.2. The van der Waals surface area contributed by atoms with Gasteiger partial charge in [-0.25, -0.2) is 17.7 Å². The summed E-state index contributed by atoms with van der Waals surface area (Å²) in [5.74, 6) is -4.15. The molecule has 1 amide bonds. The number of aryl methyl sites for hydroxylation is 2. The number of halogens is 3. The maximum absolute atomic E-state index is 13.9. The number of amides is 1. The van der Waals surface area contributed by atoms with Gasteiger partial charge in [0.15, 0.2) is 17.5 Å². The van der Waals surface area contributed by atoms with Gasteiger partial charge in [-0.05, 0) is 44.5 Å². The van der Waals surface area contributed by atoms with E-state index in [0.717, 1.165) is 23.2 Å². The Bertz CT molecular complexity index is 1370. The second-order valence-electron chi connectivity index (χ2n) is 8.01. The second-order valence-corrected chi connectivity index (χ2v) is 8.01. The smallest absolute Gasteiger partial charge is 0.258 e. The molecule has 0 radical (unpaired) electrons. The molecule has 3 aromatic heterocycles. The minimum absolute atomic E-state index is 0.145. The van der Waals surface area contributed by atoms with Crippen LogP contribution >= 0.6 is 0 Å². The number of hydrogen-bond acceptors (Lipinski definition) is 3. The molecule has 4 aromatic rings. The maximum Gasteiger partial charge on any atom is 0.258 e. The van der Waals surface area contributed by atoms with Crippen LogP contribution in [0.4, 0.5) is 13.2 Å². The normalized spacial score (nSPS) is 15.9. The Morgan fingerprint density at radius 1 is 1.12 bits per heavy atom. The van der Waals surface area contributed by atoms with Crippen molar-refractivity contribution in [3.8, 4) is 11.3 Å². The van der Waals surface area contributed by atoms with Crippen molar-refractivity contribution in [1.29, 1.82) is 0 Å². The second kappa shape index (κ2) is 7.22. The summed E-state index contributed by atoms with van der Waals surface area (Å²) >= 11 is 0. The first-order valence-corrected chi connectivity index (χ1v) is 10.2.